The van der Waals surface area contributed by atoms with Gasteiger partial charge in [0.2, 0.25) is 0 Å². The molecule has 0 aliphatic heterocycles. The number of likely N-dealkylation sites (N-methyl/N-ethyl adjacent to an activating group) is 1. The zero-order valence-electron chi connectivity index (χ0n) is 12.1. The third-order valence-electron chi connectivity index (χ3n) is 2.98. The van der Waals surface area contributed by atoms with E-state index in [1.807, 2.05) is 49.4 Å². The highest BCUT2D eigenvalue weighted by Gasteiger charge is 2.04. The van der Waals surface area contributed by atoms with Gasteiger partial charge in [-0.25, -0.2) is 0 Å². The Labute approximate surface area is 131 Å². The second-order valence-corrected chi connectivity index (χ2v) is 4.47. The molecule has 5 heteroatoms. The van der Waals surface area contributed by atoms with Crippen LogP contribution in [0, 0.1) is 0 Å². The van der Waals surface area contributed by atoms with Gasteiger partial charge in [-0.2, -0.15) is 0 Å². The Bertz CT molecular complexity index is 570. The maximum absolute atomic E-state index is 11.7. The molecule has 2 N–H and O–H groups in total. The molecule has 2 aromatic carbocycles. The summed E-state index contributed by atoms with van der Waals surface area (Å²) in [7, 11) is 0. The summed E-state index contributed by atoms with van der Waals surface area (Å²) in [5.41, 5.74) is 0. The van der Waals surface area contributed by atoms with Crippen molar-refractivity contribution in [1.29, 1.82) is 0 Å². The quantitative estimate of drug-likeness (QED) is 0.772. The van der Waals surface area contributed by atoms with E-state index in [2.05, 4.69) is 10.6 Å². The highest BCUT2D eigenvalue weighted by molar-refractivity contribution is 5.88. The van der Waals surface area contributed by atoms with Crippen molar-refractivity contribution in [2.24, 2.45) is 0 Å². The molecule has 0 aliphatic carbocycles. The minimum absolute atomic E-state index is 0. The van der Waals surface area contributed by atoms with Gasteiger partial charge in [-0.15, -0.1) is 12.4 Å². The number of carbonyl (C=O) groups is 1. The fourth-order valence-electron chi connectivity index (χ4n) is 1.98. The van der Waals surface area contributed by atoms with Gasteiger partial charge in [0, 0.05) is 18.5 Å². The molecule has 0 radical (unpaired) electrons. The van der Waals surface area contributed by atoms with E-state index < -0.39 is 0 Å². The van der Waals surface area contributed by atoms with Gasteiger partial charge in [-0.05, 0) is 18.0 Å². The van der Waals surface area contributed by atoms with E-state index in [1.54, 1.807) is 0 Å². The number of hydrogen-bond donors (Lipinski definition) is 2. The van der Waals surface area contributed by atoms with E-state index in [0.717, 1.165) is 29.6 Å². The van der Waals surface area contributed by atoms with Crippen molar-refractivity contribution >= 4 is 29.1 Å². The summed E-state index contributed by atoms with van der Waals surface area (Å²) in [6.45, 7) is 4.37. The zero-order valence-corrected chi connectivity index (χ0v) is 12.9. The van der Waals surface area contributed by atoms with Crippen LogP contribution in [-0.4, -0.2) is 32.1 Å². The largest absolute Gasteiger partial charge is 0.483 e. The zero-order chi connectivity index (χ0) is 14.2. The van der Waals surface area contributed by atoms with Gasteiger partial charge in [-0.1, -0.05) is 43.3 Å². The number of nitrogens with one attached hydrogen (secondary N) is 2. The molecule has 2 aromatic rings. The minimum atomic E-state index is -0.101. The number of rotatable bonds is 7. The van der Waals surface area contributed by atoms with Crippen molar-refractivity contribution in [3.05, 3.63) is 42.5 Å². The van der Waals surface area contributed by atoms with Gasteiger partial charge in [0.05, 0.1) is 0 Å². The van der Waals surface area contributed by atoms with E-state index in [1.165, 1.54) is 0 Å². The molecule has 21 heavy (non-hydrogen) atoms. The Balaban J connectivity index is 0.00000220. The Morgan fingerprint density at radius 2 is 1.86 bits per heavy atom. The average Bonchev–Trinajstić information content (AvgIpc) is 2.49. The van der Waals surface area contributed by atoms with Crippen molar-refractivity contribution in [1.82, 2.24) is 10.6 Å². The smallest absolute Gasteiger partial charge is 0.257 e. The lowest BCUT2D eigenvalue weighted by atomic mass is 10.1. The summed E-state index contributed by atoms with van der Waals surface area (Å²) in [5.74, 6) is 0.640. The van der Waals surface area contributed by atoms with Gasteiger partial charge >= 0.3 is 0 Å². The molecule has 0 saturated heterocycles. The van der Waals surface area contributed by atoms with E-state index in [0.29, 0.717) is 6.54 Å². The van der Waals surface area contributed by atoms with E-state index in [9.17, 15) is 4.79 Å². The van der Waals surface area contributed by atoms with Crippen molar-refractivity contribution in [3.63, 3.8) is 0 Å². The molecule has 0 aromatic heterocycles. The molecule has 0 spiro atoms. The number of halogens is 1. The van der Waals surface area contributed by atoms with E-state index in [-0.39, 0.29) is 24.9 Å². The van der Waals surface area contributed by atoms with Crippen LogP contribution in [0.4, 0.5) is 0 Å². The second kappa shape index (κ2) is 9.21. The van der Waals surface area contributed by atoms with Gasteiger partial charge in [0.25, 0.3) is 5.91 Å². The third-order valence-corrected chi connectivity index (χ3v) is 2.98. The number of benzene rings is 2. The molecule has 0 aliphatic rings. The van der Waals surface area contributed by atoms with E-state index >= 15 is 0 Å². The van der Waals surface area contributed by atoms with Gasteiger partial charge in [-0.3, -0.25) is 4.79 Å². The number of amides is 1. The molecule has 0 saturated carbocycles. The van der Waals surface area contributed by atoms with Crippen LogP contribution in [0.1, 0.15) is 6.92 Å². The normalized spacial score (nSPS) is 9.95. The number of ether oxygens (including phenoxy) is 1. The van der Waals surface area contributed by atoms with E-state index in [4.69, 9.17) is 4.74 Å². The van der Waals surface area contributed by atoms with Gasteiger partial charge in [0.15, 0.2) is 6.61 Å². The van der Waals surface area contributed by atoms with Crippen LogP contribution >= 0.6 is 12.4 Å². The molecule has 1 amide bonds. The summed E-state index contributed by atoms with van der Waals surface area (Å²) in [4.78, 5) is 11.7. The van der Waals surface area contributed by atoms with Crippen LogP contribution in [0.15, 0.2) is 42.5 Å². The minimum Gasteiger partial charge on any atom is -0.483 e. The number of fused-ring (bicyclic) bond motifs is 1. The van der Waals surface area contributed by atoms with Crippen molar-refractivity contribution < 1.29 is 9.53 Å². The molecule has 0 fully saturated rings. The highest BCUT2D eigenvalue weighted by atomic mass is 35.5. The molecule has 4 nitrogen and oxygen atoms in total. The molecule has 0 heterocycles. The fraction of sp³-hybridized carbons (Fsp3) is 0.312. The SMILES string of the molecule is CCNCCNC(=O)COc1cccc2ccccc12.Cl. The Morgan fingerprint density at radius 3 is 2.67 bits per heavy atom. The third kappa shape index (κ3) is 5.25. The lowest BCUT2D eigenvalue weighted by molar-refractivity contribution is -0.123. The van der Waals surface area contributed by atoms with Crippen LogP contribution in [-0.2, 0) is 4.79 Å². The summed E-state index contributed by atoms with van der Waals surface area (Å²) >= 11 is 0. The summed E-state index contributed by atoms with van der Waals surface area (Å²) in [5, 5.41) is 8.09. The summed E-state index contributed by atoms with van der Waals surface area (Å²) < 4.78 is 5.61. The van der Waals surface area contributed by atoms with Crippen molar-refractivity contribution in [2.45, 2.75) is 6.92 Å². The van der Waals surface area contributed by atoms with Crippen LogP contribution in [0.3, 0.4) is 0 Å². The van der Waals surface area contributed by atoms with Crippen LogP contribution in [0.2, 0.25) is 0 Å². The molecule has 2 rings (SSSR count). The first-order valence-electron chi connectivity index (χ1n) is 6.89. The highest BCUT2D eigenvalue weighted by Crippen LogP contribution is 2.24. The Hall–Kier alpha value is -1.78. The first-order chi connectivity index (χ1) is 9.81. The molecular weight excluding hydrogens is 288 g/mol. The van der Waals surface area contributed by atoms with Crippen molar-refractivity contribution in [2.75, 3.05) is 26.2 Å². The lowest BCUT2D eigenvalue weighted by Gasteiger charge is -2.10. The maximum Gasteiger partial charge on any atom is 0.257 e. The maximum atomic E-state index is 11.7. The standard InChI is InChI=1S/C16H20N2O2.ClH/c1-2-17-10-11-18-16(19)12-20-15-9-5-7-13-6-3-4-8-14(13)15;/h3-9,17H,2,10-12H2,1H3,(H,18,19);1H. The Kier molecular flexibility index (Phi) is 7.58. The molecule has 0 unspecified atom stereocenters. The van der Waals surface area contributed by atoms with Crippen LogP contribution < -0.4 is 15.4 Å². The topological polar surface area (TPSA) is 50.4 Å². The monoisotopic (exact) mass is 308 g/mol. The lowest BCUT2D eigenvalue weighted by Crippen LogP contribution is -2.34. The summed E-state index contributed by atoms with van der Waals surface area (Å²) in [6, 6.07) is 13.8. The Morgan fingerprint density at radius 1 is 1.10 bits per heavy atom. The molecular formula is C16H21ClN2O2. The van der Waals surface area contributed by atoms with Crippen molar-refractivity contribution in [3.8, 4) is 5.75 Å². The fourth-order valence-corrected chi connectivity index (χ4v) is 1.98. The number of hydrogen-bond acceptors (Lipinski definition) is 3. The molecule has 114 valence electrons. The second-order valence-electron chi connectivity index (χ2n) is 4.47. The first-order valence-corrected chi connectivity index (χ1v) is 6.89. The molecule has 0 bridgehead atoms. The van der Waals surface area contributed by atoms with Gasteiger partial charge < -0.3 is 15.4 Å². The number of carbonyl (C=O) groups excluding carboxylic acids is 1. The summed E-state index contributed by atoms with van der Waals surface area (Å²) in [6.07, 6.45) is 0. The molecule has 0 atom stereocenters. The van der Waals surface area contributed by atoms with Gasteiger partial charge in [0.1, 0.15) is 5.75 Å². The average molecular weight is 309 g/mol. The van der Waals surface area contributed by atoms with Crippen LogP contribution in [0.5, 0.6) is 5.75 Å². The van der Waals surface area contributed by atoms with Crippen LogP contribution in [0.25, 0.3) is 10.8 Å². The predicted octanol–water partition coefficient (Wildman–Crippen LogP) is 2.37. The first kappa shape index (κ1) is 17.3. The predicted molar refractivity (Wildman–Crippen MR) is 88.2 cm³/mol.